The Kier molecular flexibility index (Phi) is 3.59. The van der Waals surface area contributed by atoms with Crippen LogP contribution in [0.5, 0.6) is 0 Å². The summed E-state index contributed by atoms with van der Waals surface area (Å²) < 4.78 is 0. The molecule has 1 aromatic rings. The standard InChI is InChI=1S/C15H16ClN3S2/c16-11-4-6-12(7-5-11)17-14-18-19-13(21-14)10-20-15(19)8-2-1-3-9-15/h4-7,10H,1-3,8-9H2,(H,17,18). The van der Waals surface area contributed by atoms with Gasteiger partial charge in [-0.25, -0.2) is 4.99 Å². The van der Waals surface area contributed by atoms with Crippen molar-refractivity contribution in [3.63, 3.8) is 0 Å². The van der Waals surface area contributed by atoms with Gasteiger partial charge in [-0.05, 0) is 48.9 Å². The average molecular weight is 338 g/mol. The van der Waals surface area contributed by atoms with Crippen LogP contribution in [0.2, 0.25) is 5.02 Å². The maximum atomic E-state index is 5.91. The topological polar surface area (TPSA) is 27.6 Å². The van der Waals surface area contributed by atoms with E-state index in [1.807, 2.05) is 36.0 Å². The van der Waals surface area contributed by atoms with Crippen LogP contribution in [0.4, 0.5) is 5.69 Å². The second-order valence-corrected chi connectivity index (χ2v) is 8.20. The molecule has 0 atom stereocenters. The van der Waals surface area contributed by atoms with Crippen molar-refractivity contribution in [1.82, 2.24) is 10.4 Å². The first-order valence-corrected chi connectivity index (χ1v) is 9.30. The van der Waals surface area contributed by atoms with Gasteiger partial charge in [-0.1, -0.05) is 30.9 Å². The zero-order valence-electron chi connectivity index (χ0n) is 11.5. The molecule has 1 saturated heterocycles. The first kappa shape index (κ1) is 13.9. The lowest BCUT2D eigenvalue weighted by Gasteiger charge is -2.40. The van der Waals surface area contributed by atoms with Crippen molar-refractivity contribution in [3.8, 4) is 0 Å². The third kappa shape index (κ3) is 2.56. The summed E-state index contributed by atoms with van der Waals surface area (Å²) in [5.41, 5.74) is 4.43. The van der Waals surface area contributed by atoms with Gasteiger partial charge in [0.2, 0.25) is 0 Å². The lowest BCUT2D eigenvalue weighted by atomic mass is 9.94. The predicted octanol–water partition coefficient (Wildman–Crippen LogP) is 5.09. The monoisotopic (exact) mass is 337 g/mol. The number of benzene rings is 1. The SMILES string of the molecule is Clc1ccc(N=C2NN3C(=CSC34CCCCC4)S2)cc1. The van der Waals surface area contributed by atoms with Crippen molar-refractivity contribution in [2.45, 2.75) is 37.0 Å². The number of fused-ring (bicyclic) bond motifs is 2. The molecule has 110 valence electrons. The molecule has 0 bridgehead atoms. The molecule has 2 aliphatic heterocycles. The molecule has 1 N–H and O–H groups in total. The lowest BCUT2D eigenvalue weighted by Crippen LogP contribution is -2.48. The van der Waals surface area contributed by atoms with Crippen LogP contribution in [0.1, 0.15) is 32.1 Å². The Bertz CT molecular complexity index is 606. The number of halogens is 1. The third-order valence-electron chi connectivity index (χ3n) is 4.11. The van der Waals surface area contributed by atoms with Gasteiger partial charge in [0.1, 0.15) is 9.90 Å². The van der Waals surface area contributed by atoms with Crippen molar-refractivity contribution in [3.05, 3.63) is 39.7 Å². The highest BCUT2D eigenvalue weighted by Crippen LogP contribution is 2.53. The van der Waals surface area contributed by atoms with E-state index in [0.717, 1.165) is 15.9 Å². The van der Waals surface area contributed by atoms with E-state index >= 15 is 0 Å². The highest BCUT2D eigenvalue weighted by Gasteiger charge is 2.47. The van der Waals surface area contributed by atoms with Gasteiger partial charge in [0, 0.05) is 10.4 Å². The van der Waals surface area contributed by atoms with Crippen LogP contribution in [0.15, 0.2) is 39.7 Å². The van der Waals surface area contributed by atoms with Crippen LogP contribution >= 0.6 is 35.1 Å². The van der Waals surface area contributed by atoms with Crippen LogP contribution in [-0.4, -0.2) is 15.0 Å². The summed E-state index contributed by atoms with van der Waals surface area (Å²) in [5.74, 6) is 0. The first-order valence-electron chi connectivity index (χ1n) is 7.22. The average Bonchev–Trinajstić information content (AvgIpc) is 3.04. The second-order valence-electron chi connectivity index (χ2n) is 5.52. The molecule has 1 aliphatic carbocycles. The molecule has 0 amide bonds. The van der Waals surface area contributed by atoms with Crippen LogP contribution in [0.3, 0.4) is 0 Å². The third-order valence-corrected chi connectivity index (χ3v) is 6.77. The number of amidine groups is 1. The summed E-state index contributed by atoms with van der Waals surface area (Å²) in [5, 5.41) is 7.61. The summed E-state index contributed by atoms with van der Waals surface area (Å²) in [6, 6.07) is 7.64. The zero-order chi connectivity index (χ0) is 14.3. The molecule has 0 unspecified atom stereocenters. The Morgan fingerprint density at radius 1 is 1.14 bits per heavy atom. The van der Waals surface area contributed by atoms with Gasteiger partial charge in [0.15, 0.2) is 5.17 Å². The number of rotatable bonds is 1. The number of thioether (sulfide) groups is 2. The first-order chi connectivity index (χ1) is 10.3. The van der Waals surface area contributed by atoms with Crippen molar-refractivity contribution in [2.24, 2.45) is 4.99 Å². The largest absolute Gasteiger partial charge is 0.274 e. The van der Waals surface area contributed by atoms with E-state index in [2.05, 4.69) is 20.8 Å². The van der Waals surface area contributed by atoms with Crippen molar-refractivity contribution in [2.75, 3.05) is 0 Å². The van der Waals surface area contributed by atoms with E-state index in [0.29, 0.717) is 0 Å². The molecule has 0 radical (unpaired) electrons. The normalized spacial score (nSPS) is 25.1. The molecule has 0 aromatic heterocycles. The molecule has 3 nitrogen and oxygen atoms in total. The fraction of sp³-hybridized carbons (Fsp3) is 0.400. The minimum atomic E-state index is 0.220. The van der Waals surface area contributed by atoms with Crippen LogP contribution in [0, 0.1) is 0 Å². The van der Waals surface area contributed by atoms with Gasteiger partial charge >= 0.3 is 0 Å². The van der Waals surface area contributed by atoms with Crippen LogP contribution in [0.25, 0.3) is 0 Å². The number of hydrogen-bond donors (Lipinski definition) is 1. The van der Waals surface area contributed by atoms with E-state index in [1.165, 1.54) is 37.1 Å². The molecule has 21 heavy (non-hydrogen) atoms. The Morgan fingerprint density at radius 3 is 2.67 bits per heavy atom. The van der Waals surface area contributed by atoms with Crippen LogP contribution in [-0.2, 0) is 0 Å². The molecular formula is C15H16ClN3S2. The van der Waals surface area contributed by atoms with Gasteiger partial charge in [-0.2, -0.15) is 0 Å². The number of nitrogens with one attached hydrogen (secondary N) is 1. The number of hydrazine groups is 1. The van der Waals surface area contributed by atoms with Gasteiger partial charge in [-0.3, -0.25) is 10.4 Å². The quantitative estimate of drug-likeness (QED) is 0.772. The summed E-state index contributed by atoms with van der Waals surface area (Å²) in [6.07, 6.45) is 6.50. The summed E-state index contributed by atoms with van der Waals surface area (Å²) in [7, 11) is 0. The van der Waals surface area contributed by atoms with Crippen molar-refractivity contribution in [1.29, 1.82) is 0 Å². The Balaban J connectivity index is 1.55. The Labute approximate surface area is 138 Å². The van der Waals surface area contributed by atoms with Gasteiger partial charge < -0.3 is 0 Å². The van der Waals surface area contributed by atoms with Crippen molar-refractivity contribution < 1.29 is 0 Å². The minimum Gasteiger partial charge on any atom is -0.274 e. The summed E-state index contributed by atoms with van der Waals surface area (Å²) in [6.45, 7) is 0. The number of hydrogen-bond acceptors (Lipinski definition) is 4. The van der Waals surface area contributed by atoms with Gasteiger partial charge in [-0.15, -0.1) is 11.8 Å². The lowest BCUT2D eigenvalue weighted by molar-refractivity contribution is 0.164. The molecule has 3 aliphatic rings. The number of nitrogens with zero attached hydrogens (tertiary/aromatic N) is 2. The Hall–Kier alpha value is -0.780. The van der Waals surface area contributed by atoms with Gasteiger partial charge in [0.25, 0.3) is 0 Å². The van der Waals surface area contributed by atoms with E-state index in [4.69, 9.17) is 11.6 Å². The van der Waals surface area contributed by atoms with Gasteiger partial charge in [0.05, 0.1) is 5.69 Å². The molecule has 6 heteroatoms. The smallest absolute Gasteiger partial charge is 0.187 e. The molecular weight excluding hydrogens is 322 g/mol. The summed E-state index contributed by atoms with van der Waals surface area (Å²) >= 11 is 9.61. The predicted molar refractivity (Wildman–Crippen MR) is 92.6 cm³/mol. The maximum Gasteiger partial charge on any atom is 0.187 e. The van der Waals surface area contributed by atoms with E-state index < -0.39 is 0 Å². The zero-order valence-corrected chi connectivity index (χ0v) is 13.9. The molecule has 2 heterocycles. The highest BCUT2D eigenvalue weighted by molar-refractivity contribution is 8.18. The minimum absolute atomic E-state index is 0.220. The summed E-state index contributed by atoms with van der Waals surface area (Å²) in [4.78, 5) is 4.90. The second kappa shape index (κ2) is 5.45. The van der Waals surface area contributed by atoms with E-state index in [9.17, 15) is 0 Å². The molecule has 4 rings (SSSR count). The molecule has 1 aromatic carbocycles. The fourth-order valence-electron chi connectivity index (χ4n) is 3.04. The molecule has 2 fully saturated rings. The van der Waals surface area contributed by atoms with Crippen LogP contribution < -0.4 is 5.43 Å². The van der Waals surface area contributed by atoms with Crippen molar-refractivity contribution >= 4 is 46.0 Å². The number of aliphatic imine (C=N–C) groups is 1. The van der Waals surface area contributed by atoms with E-state index in [1.54, 1.807) is 11.8 Å². The highest BCUT2D eigenvalue weighted by atomic mass is 35.5. The van der Waals surface area contributed by atoms with E-state index in [-0.39, 0.29) is 4.87 Å². The maximum absolute atomic E-state index is 5.91. The Morgan fingerprint density at radius 2 is 1.90 bits per heavy atom. The fourth-order valence-corrected chi connectivity index (χ4v) is 5.55. The molecule has 1 saturated carbocycles. The molecule has 1 spiro atoms.